The lowest BCUT2D eigenvalue weighted by atomic mass is 9.92. The Morgan fingerprint density at radius 3 is 2.53 bits per heavy atom. The first-order chi connectivity index (χ1) is 8.22. The summed E-state index contributed by atoms with van der Waals surface area (Å²) in [5.41, 5.74) is 0. The van der Waals surface area contributed by atoms with Crippen molar-refractivity contribution in [1.29, 1.82) is 0 Å². The lowest BCUT2D eigenvalue weighted by Gasteiger charge is -2.40. The largest absolute Gasteiger partial charge is 0.313 e. The second-order valence-electron chi connectivity index (χ2n) is 5.61. The van der Waals surface area contributed by atoms with Crippen LogP contribution >= 0.6 is 0 Å². The van der Waals surface area contributed by atoms with Crippen molar-refractivity contribution in [1.82, 2.24) is 10.2 Å². The summed E-state index contributed by atoms with van der Waals surface area (Å²) >= 11 is 0. The van der Waals surface area contributed by atoms with E-state index in [-0.39, 0.29) is 0 Å². The minimum absolute atomic E-state index is 0.737. The van der Waals surface area contributed by atoms with Crippen molar-refractivity contribution in [3.63, 3.8) is 0 Å². The number of likely N-dealkylation sites (tertiary alicyclic amines) is 1. The summed E-state index contributed by atoms with van der Waals surface area (Å²) in [4.78, 5) is 2.72. The van der Waals surface area contributed by atoms with Crippen molar-refractivity contribution in [3.8, 4) is 0 Å². The maximum Gasteiger partial charge on any atom is 0.0195 e. The molecular weight excluding hydrogens is 208 g/mol. The molecular formula is C15H32N2. The predicted molar refractivity (Wildman–Crippen MR) is 76.4 cm³/mol. The van der Waals surface area contributed by atoms with E-state index in [4.69, 9.17) is 0 Å². The summed E-state index contributed by atoms with van der Waals surface area (Å²) in [6.45, 7) is 13.1. The third-order valence-corrected chi connectivity index (χ3v) is 4.44. The molecule has 0 radical (unpaired) electrons. The van der Waals surface area contributed by atoms with Crippen LogP contribution in [0, 0.1) is 5.92 Å². The number of nitrogens with one attached hydrogen (secondary N) is 1. The summed E-state index contributed by atoms with van der Waals surface area (Å²) in [6.07, 6.45) is 6.62. The van der Waals surface area contributed by atoms with Gasteiger partial charge in [0.15, 0.2) is 0 Å². The topological polar surface area (TPSA) is 15.3 Å². The first-order valence-corrected chi connectivity index (χ1v) is 7.70. The van der Waals surface area contributed by atoms with Gasteiger partial charge in [0.25, 0.3) is 0 Å². The highest BCUT2D eigenvalue weighted by Gasteiger charge is 2.26. The molecule has 1 heterocycles. The van der Waals surface area contributed by atoms with Crippen LogP contribution in [0.3, 0.4) is 0 Å². The highest BCUT2D eigenvalue weighted by Crippen LogP contribution is 2.22. The smallest absolute Gasteiger partial charge is 0.0195 e. The van der Waals surface area contributed by atoms with Crippen LogP contribution < -0.4 is 5.32 Å². The molecule has 1 aliphatic heterocycles. The maximum absolute atomic E-state index is 3.69. The van der Waals surface area contributed by atoms with Gasteiger partial charge in [-0.15, -0.1) is 0 Å². The number of nitrogens with zero attached hydrogens (tertiary/aromatic N) is 1. The Bertz CT molecular complexity index is 189. The number of hydrogen-bond donors (Lipinski definition) is 1. The molecule has 0 aliphatic carbocycles. The first kappa shape index (κ1) is 15.0. The van der Waals surface area contributed by atoms with E-state index in [2.05, 4.69) is 37.9 Å². The number of rotatable bonds is 7. The Balaban J connectivity index is 2.42. The van der Waals surface area contributed by atoms with Crippen molar-refractivity contribution in [2.45, 2.75) is 71.9 Å². The molecule has 0 aromatic heterocycles. The van der Waals surface area contributed by atoms with E-state index < -0.39 is 0 Å². The molecule has 0 bridgehead atoms. The van der Waals surface area contributed by atoms with E-state index in [9.17, 15) is 0 Å². The first-order valence-electron chi connectivity index (χ1n) is 7.70. The second kappa shape index (κ2) is 8.10. The van der Waals surface area contributed by atoms with Crippen LogP contribution in [0.5, 0.6) is 0 Å². The van der Waals surface area contributed by atoms with Crippen LogP contribution in [0.25, 0.3) is 0 Å². The minimum Gasteiger partial charge on any atom is -0.313 e. The quantitative estimate of drug-likeness (QED) is 0.735. The van der Waals surface area contributed by atoms with Gasteiger partial charge in [0.1, 0.15) is 0 Å². The lowest BCUT2D eigenvalue weighted by Crippen LogP contribution is -2.50. The lowest BCUT2D eigenvalue weighted by molar-refractivity contribution is 0.104. The van der Waals surface area contributed by atoms with Gasteiger partial charge in [-0.1, -0.05) is 33.6 Å². The zero-order valence-corrected chi connectivity index (χ0v) is 12.3. The molecule has 0 saturated carbocycles. The van der Waals surface area contributed by atoms with Crippen molar-refractivity contribution in [2.24, 2.45) is 5.92 Å². The fraction of sp³-hybridized carbons (Fsp3) is 1.00. The van der Waals surface area contributed by atoms with E-state index in [1.54, 1.807) is 0 Å². The fourth-order valence-electron chi connectivity index (χ4n) is 3.16. The summed E-state index contributed by atoms with van der Waals surface area (Å²) in [6, 6.07) is 1.50. The summed E-state index contributed by atoms with van der Waals surface area (Å²) in [5, 5.41) is 3.69. The van der Waals surface area contributed by atoms with E-state index in [0.717, 1.165) is 18.0 Å². The van der Waals surface area contributed by atoms with Gasteiger partial charge in [0, 0.05) is 18.6 Å². The molecule has 1 aliphatic rings. The summed E-state index contributed by atoms with van der Waals surface area (Å²) < 4.78 is 0. The average molecular weight is 240 g/mol. The molecule has 0 aromatic carbocycles. The van der Waals surface area contributed by atoms with Crippen LogP contribution in [0.4, 0.5) is 0 Å². The molecule has 0 aromatic rings. The summed E-state index contributed by atoms with van der Waals surface area (Å²) in [5.74, 6) is 0.875. The van der Waals surface area contributed by atoms with Crippen LogP contribution in [0.15, 0.2) is 0 Å². The Morgan fingerprint density at radius 2 is 1.94 bits per heavy atom. The van der Waals surface area contributed by atoms with E-state index in [0.29, 0.717) is 0 Å². The molecule has 0 amide bonds. The highest BCUT2D eigenvalue weighted by molar-refractivity contribution is 4.83. The number of hydrogen-bond acceptors (Lipinski definition) is 2. The average Bonchev–Trinajstić information content (AvgIpc) is 2.38. The van der Waals surface area contributed by atoms with E-state index in [1.165, 1.54) is 51.7 Å². The van der Waals surface area contributed by atoms with Gasteiger partial charge in [-0.25, -0.2) is 0 Å². The molecule has 17 heavy (non-hydrogen) atoms. The number of piperidine rings is 1. The Kier molecular flexibility index (Phi) is 7.14. The van der Waals surface area contributed by atoms with Crippen molar-refractivity contribution in [2.75, 3.05) is 19.6 Å². The van der Waals surface area contributed by atoms with Gasteiger partial charge in [-0.2, -0.15) is 0 Å². The van der Waals surface area contributed by atoms with Gasteiger partial charge in [0.05, 0.1) is 0 Å². The van der Waals surface area contributed by atoms with Crippen LogP contribution in [0.2, 0.25) is 0 Å². The highest BCUT2D eigenvalue weighted by atomic mass is 15.2. The monoisotopic (exact) mass is 240 g/mol. The molecule has 1 saturated heterocycles. The Hall–Kier alpha value is -0.0800. The Morgan fingerprint density at radius 1 is 1.24 bits per heavy atom. The van der Waals surface area contributed by atoms with Crippen LogP contribution in [-0.4, -0.2) is 36.6 Å². The van der Waals surface area contributed by atoms with Gasteiger partial charge in [-0.05, 0) is 45.2 Å². The normalized spacial score (nSPS) is 24.2. The SMILES string of the molecule is CCCNC1CCCN(C(C)C(CC)CC)C1. The summed E-state index contributed by atoms with van der Waals surface area (Å²) in [7, 11) is 0. The second-order valence-corrected chi connectivity index (χ2v) is 5.61. The molecule has 2 nitrogen and oxygen atoms in total. The molecule has 2 heteroatoms. The zero-order valence-electron chi connectivity index (χ0n) is 12.3. The van der Waals surface area contributed by atoms with Crippen molar-refractivity contribution < 1.29 is 0 Å². The van der Waals surface area contributed by atoms with Crippen LogP contribution in [-0.2, 0) is 0 Å². The molecule has 0 spiro atoms. The standard InChI is InChI=1S/C15H32N2/c1-5-10-16-15-9-8-11-17(12-15)13(4)14(6-2)7-3/h13-16H,5-12H2,1-4H3. The third kappa shape index (κ3) is 4.59. The minimum atomic E-state index is 0.737. The fourth-order valence-corrected chi connectivity index (χ4v) is 3.16. The van der Waals surface area contributed by atoms with Crippen molar-refractivity contribution in [3.05, 3.63) is 0 Å². The Labute approximate surface area is 108 Å². The van der Waals surface area contributed by atoms with E-state index in [1.807, 2.05) is 0 Å². The molecule has 2 atom stereocenters. The molecule has 102 valence electrons. The van der Waals surface area contributed by atoms with Gasteiger partial charge >= 0.3 is 0 Å². The molecule has 1 rings (SSSR count). The van der Waals surface area contributed by atoms with Crippen LogP contribution in [0.1, 0.15) is 59.8 Å². The van der Waals surface area contributed by atoms with Gasteiger partial charge < -0.3 is 5.32 Å². The van der Waals surface area contributed by atoms with Crippen molar-refractivity contribution >= 4 is 0 Å². The third-order valence-electron chi connectivity index (χ3n) is 4.44. The van der Waals surface area contributed by atoms with E-state index >= 15 is 0 Å². The zero-order chi connectivity index (χ0) is 12.7. The molecule has 1 fully saturated rings. The predicted octanol–water partition coefficient (Wildman–Crippen LogP) is 3.28. The van der Waals surface area contributed by atoms with Gasteiger partial charge in [-0.3, -0.25) is 4.90 Å². The maximum atomic E-state index is 3.69. The molecule has 2 unspecified atom stereocenters. The molecule has 1 N–H and O–H groups in total. The van der Waals surface area contributed by atoms with Gasteiger partial charge in [0.2, 0.25) is 0 Å².